The van der Waals surface area contributed by atoms with Crippen LogP contribution < -0.4 is 5.32 Å². The number of aliphatic imine (C=N–C) groups is 1. The van der Waals surface area contributed by atoms with Gasteiger partial charge < -0.3 is 19.9 Å². The standard InChI is InChI=1S/C18H32N4O2.HI/c1-21(2)16(23)12-19-17(20-15-6-4-3-5-7-15)22-10-8-18(13-22)9-11-24-14-18;/h15H,3-14H2,1-2H3,(H,19,20);1H. The van der Waals surface area contributed by atoms with E-state index < -0.39 is 0 Å². The van der Waals surface area contributed by atoms with Gasteiger partial charge in [-0.25, -0.2) is 4.99 Å². The molecule has 0 aromatic rings. The van der Waals surface area contributed by atoms with Gasteiger partial charge in [0, 0.05) is 45.2 Å². The number of likely N-dealkylation sites (N-methyl/N-ethyl adjacent to an activating group) is 1. The molecule has 3 fully saturated rings. The number of rotatable bonds is 3. The molecule has 2 saturated heterocycles. The second-order valence-electron chi connectivity index (χ2n) is 7.88. The summed E-state index contributed by atoms with van der Waals surface area (Å²) in [6.45, 7) is 3.99. The maximum atomic E-state index is 12.0. The van der Waals surface area contributed by atoms with Crippen molar-refractivity contribution in [2.75, 3.05) is 46.9 Å². The van der Waals surface area contributed by atoms with Crippen LogP contribution >= 0.6 is 24.0 Å². The molecular formula is C18H33IN4O2. The molecule has 1 spiro atoms. The molecule has 0 aromatic heterocycles. The summed E-state index contributed by atoms with van der Waals surface area (Å²) in [5, 5.41) is 3.66. The molecule has 2 aliphatic heterocycles. The summed E-state index contributed by atoms with van der Waals surface area (Å²) in [7, 11) is 3.57. The lowest BCUT2D eigenvalue weighted by molar-refractivity contribution is -0.127. The van der Waals surface area contributed by atoms with Gasteiger partial charge in [0.25, 0.3) is 0 Å². The molecule has 3 aliphatic rings. The molecule has 6 nitrogen and oxygen atoms in total. The molecule has 1 atom stereocenters. The van der Waals surface area contributed by atoms with Crippen LogP contribution in [0.3, 0.4) is 0 Å². The molecule has 1 saturated carbocycles. The van der Waals surface area contributed by atoms with Crippen molar-refractivity contribution < 1.29 is 9.53 Å². The maximum Gasteiger partial charge on any atom is 0.243 e. The fraction of sp³-hybridized carbons (Fsp3) is 0.889. The van der Waals surface area contributed by atoms with E-state index >= 15 is 0 Å². The van der Waals surface area contributed by atoms with Gasteiger partial charge in [0.05, 0.1) is 6.61 Å². The third-order valence-electron chi connectivity index (χ3n) is 5.72. The minimum Gasteiger partial charge on any atom is -0.381 e. The van der Waals surface area contributed by atoms with E-state index in [1.807, 2.05) is 0 Å². The van der Waals surface area contributed by atoms with E-state index in [1.165, 1.54) is 38.5 Å². The molecule has 25 heavy (non-hydrogen) atoms. The number of amides is 1. The van der Waals surface area contributed by atoms with Gasteiger partial charge in [0.1, 0.15) is 6.54 Å². The van der Waals surface area contributed by atoms with Gasteiger partial charge in [-0.2, -0.15) is 0 Å². The number of halogens is 1. The Balaban J connectivity index is 0.00000225. The Bertz CT molecular complexity index is 472. The number of hydrogen-bond donors (Lipinski definition) is 1. The summed E-state index contributed by atoms with van der Waals surface area (Å²) in [4.78, 5) is 20.6. The van der Waals surface area contributed by atoms with Crippen molar-refractivity contribution in [2.24, 2.45) is 10.4 Å². The zero-order chi connectivity index (χ0) is 17.0. The fourth-order valence-electron chi connectivity index (χ4n) is 4.04. The molecule has 7 heteroatoms. The molecule has 0 bridgehead atoms. The third kappa shape index (κ3) is 5.45. The highest BCUT2D eigenvalue weighted by molar-refractivity contribution is 14.0. The molecule has 1 amide bonds. The first-order valence-corrected chi connectivity index (χ1v) is 9.42. The van der Waals surface area contributed by atoms with E-state index in [2.05, 4.69) is 15.2 Å². The molecule has 1 aliphatic carbocycles. The number of likely N-dealkylation sites (tertiary alicyclic amines) is 1. The van der Waals surface area contributed by atoms with Crippen LogP contribution in [-0.4, -0.2) is 74.7 Å². The highest BCUT2D eigenvalue weighted by Gasteiger charge is 2.42. The molecule has 0 aromatic carbocycles. The monoisotopic (exact) mass is 464 g/mol. The summed E-state index contributed by atoms with van der Waals surface area (Å²) < 4.78 is 5.64. The molecule has 1 unspecified atom stereocenters. The van der Waals surface area contributed by atoms with Crippen LogP contribution in [0, 0.1) is 5.41 Å². The van der Waals surface area contributed by atoms with Gasteiger partial charge in [-0.05, 0) is 25.7 Å². The van der Waals surface area contributed by atoms with E-state index in [1.54, 1.807) is 19.0 Å². The van der Waals surface area contributed by atoms with Crippen molar-refractivity contribution in [3.05, 3.63) is 0 Å². The number of carbonyl (C=O) groups is 1. The Labute approximate surface area is 168 Å². The lowest BCUT2D eigenvalue weighted by atomic mass is 9.87. The minimum absolute atomic E-state index is 0. The zero-order valence-electron chi connectivity index (χ0n) is 15.6. The summed E-state index contributed by atoms with van der Waals surface area (Å²) in [5.41, 5.74) is 0.306. The van der Waals surface area contributed by atoms with Crippen LogP contribution in [0.25, 0.3) is 0 Å². The van der Waals surface area contributed by atoms with Crippen molar-refractivity contribution in [1.29, 1.82) is 0 Å². The quantitative estimate of drug-likeness (QED) is 0.395. The van der Waals surface area contributed by atoms with Crippen molar-refractivity contribution in [3.63, 3.8) is 0 Å². The maximum absolute atomic E-state index is 12.0. The predicted octanol–water partition coefficient (Wildman–Crippen LogP) is 2.08. The lowest BCUT2D eigenvalue weighted by Gasteiger charge is -2.30. The van der Waals surface area contributed by atoms with Crippen LogP contribution in [-0.2, 0) is 9.53 Å². The van der Waals surface area contributed by atoms with Crippen LogP contribution in [0.4, 0.5) is 0 Å². The van der Waals surface area contributed by atoms with E-state index in [0.717, 1.165) is 38.7 Å². The lowest BCUT2D eigenvalue weighted by Crippen LogP contribution is -2.47. The zero-order valence-corrected chi connectivity index (χ0v) is 18.0. The van der Waals surface area contributed by atoms with E-state index in [0.29, 0.717) is 11.5 Å². The molecule has 144 valence electrons. The number of nitrogens with zero attached hydrogens (tertiary/aromatic N) is 3. The van der Waals surface area contributed by atoms with Crippen LogP contribution in [0.2, 0.25) is 0 Å². The summed E-state index contributed by atoms with van der Waals surface area (Å²) in [5.74, 6) is 0.983. The number of carbonyl (C=O) groups excluding carboxylic acids is 1. The first-order valence-electron chi connectivity index (χ1n) is 9.42. The van der Waals surface area contributed by atoms with Gasteiger partial charge in [-0.1, -0.05) is 19.3 Å². The Morgan fingerprint density at radius 1 is 1.28 bits per heavy atom. The SMILES string of the molecule is CN(C)C(=O)CN=C(NC1CCCCC1)N1CCC2(CCOC2)C1.I. The third-order valence-corrected chi connectivity index (χ3v) is 5.72. The highest BCUT2D eigenvalue weighted by atomic mass is 127. The van der Waals surface area contributed by atoms with Gasteiger partial charge in [-0.3, -0.25) is 4.79 Å². The second kappa shape index (κ2) is 9.39. The topological polar surface area (TPSA) is 57.2 Å². The van der Waals surface area contributed by atoms with Gasteiger partial charge in [0.15, 0.2) is 5.96 Å². The normalized spacial score (nSPS) is 27.4. The van der Waals surface area contributed by atoms with Crippen LogP contribution in [0.5, 0.6) is 0 Å². The number of guanidine groups is 1. The fourth-order valence-corrected chi connectivity index (χ4v) is 4.04. The Hall–Kier alpha value is -0.570. The summed E-state index contributed by atoms with van der Waals surface area (Å²) in [6.07, 6.45) is 8.66. The van der Waals surface area contributed by atoms with E-state index in [-0.39, 0.29) is 36.4 Å². The molecule has 0 radical (unpaired) electrons. The Kier molecular flexibility index (Phi) is 7.79. The minimum atomic E-state index is 0. The van der Waals surface area contributed by atoms with Crippen molar-refractivity contribution in [1.82, 2.24) is 15.1 Å². The highest BCUT2D eigenvalue weighted by Crippen LogP contribution is 2.38. The largest absolute Gasteiger partial charge is 0.381 e. The van der Waals surface area contributed by atoms with E-state index in [9.17, 15) is 4.79 Å². The van der Waals surface area contributed by atoms with Gasteiger partial charge in [-0.15, -0.1) is 24.0 Å². The summed E-state index contributed by atoms with van der Waals surface area (Å²) in [6, 6.07) is 0.503. The Morgan fingerprint density at radius 2 is 2.04 bits per heavy atom. The van der Waals surface area contributed by atoms with E-state index in [4.69, 9.17) is 4.74 Å². The average Bonchev–Trinajstić information content (AvgIpc) is 3.22. The van der Waals surface area contributed by atoms with Crippen molar-refractivity contribution >= 4 is 35.8 Å². The number of ether oxygens (including phenoxy) is 1. The molecular weight excluding hydrogens is 431 g/mol. The van der Waals surface area contributed by atoms with Crippen molar-refractivity contribution in [3.8, 4) is 0 Å². The summed E-state index contributed by atoms with van der Waals surface area (Å²) >= 11 is 0. The second-order valence-corrected chi connectivity index (χ2v) is 7.88. The van der Waals surface area contributed by atoms with Crippen LogP contribution in [0.1, 0.15) is 44.9 Å². The molecule has 1 N–H and O–H groups in total. The smallest absolute Gasteiger partial charge is 0.243 e. The first kappa shape index (κ1) is 20.7. The van der Waals surface area contributed by atoms with Crippen molar-refractivity contribution in [2.45, 2.75) is 51.0 Å². The number of nitrogens with one attached hydrogen (secondary N) is 1. The number of hydrogen-bond acceptors (Lipinski definition) is 3. The average molecular weight is 464 g/mol. The van der Waals surface area contributed by atoms with Crippen LogP contribution in [0.15, 0.2) is 4.99 Å². The Morgan fingerprint density at radius 3 is 2.68 bits per heavy atom. The molecule has 2 heterocycles. The van der Waals surface area contributed by atoms with Gasteiger partial charge in [0.2, 0.25) is 5.91 Å². The first-order chi connectivity index (χ1) is 11.6. The molecule has 3 rings (SSSR count). The van der Waals surface area contributed by atoms with Gasteiger partial charge >= 0.3 is 0 Å². The predicted molar refractivity (Wildman–Crippen MR) is 110 cm³/mol.